The molecule has 5 heteroatoms. The minimum atomic E-state index is -3.70. The topological polar surface area (TPSA) is 59.1 Å². The van der Waals surface area contributed by atoms with E-state index in [2.05, 4.69) is 9.71 Å². The lowest BCUT2D eigenvalue weighted by molar-refractivity contribution is 0.602. The van der Waals surface area contributed by atoms with Gasteiger partial charge in [-0.05, 0) is 55.7 Å². The molecule has 0 atom stereocenters. The fourth-order valence-corrected chi connectivity index (χ4v) is 3.82. The number of benzene rings is 2. The Balaban J connectivity index is 2.12. The van der Waals surface area contributed by atoms with E-state index < -0.39 is 10.0 Å². The van der Waals surface area contributed by atoms with E-state index in [-0.39, 0.29) is 4.90 Å². The van der Waals surface area contributed by atoms with Crippen LogP contribution < -0.4 is 4.72 Å². The molecule has 4 nitrogen and oxygen atoms in total. The Morgan fingerprint density at radius 2 is 1.74 bits per heavy atom. The lowest BCUT2D eigenvalue weighted by atomic mass is 10.1. The minimum absolute atomic E-state index is 0.191. The Morgan fingerprint density at radius 3 is 2.52 bits per heavy atom. The molecule has 0 aliphatic heterocycles. The summed E-state index contributed by atoms with van der Waals surface area (Å²) in [7, 11) is -3.70. The van der Waals surface area contributed by atoms with Crippen molar-refractivity contribution >= 4 is 26.6 Å². The fraction of sp³-hybridized carbons (Fsp3) is 0.167. The molecule has 0 saturated carbocycles. The summed E-state index contributed by atoms with van der Waals surface area (Å²) >= 11 is 0. The van der Waals surface area contributed by atoms with E-state index in [4.69, 9.17) is 0 Å². The highest BCUT2D eigenvalue weighted by Crippen LogP contribution is 2.26. The average Bonchev–Trinajstić information content (AvgIpc) is 2.51. The van der Waals surface area contributed by atoms with Crippen molar-refractivity contribution < 1.29 is 8.42 Å². The van der Waals surface area contributed by atoms with Gasteiger partial charge in [-0.1, -0.05) is 24.3 Å². The van der Waals surface area contributed by atoms with Crippen molar-refractivity contribution in [2.45, 2.75) is 25.7 Å². The van der Waals surface area contributed by atoms with Gasteiger partial charge in [0.2, 0.25) is 0 Å². The first-order chi connectivity index (χ1) is 10.9. The number of nitrogens with one attached hydrogen (secondary N) is 1. The molecule has 3 aromatic rings. The number of nitrogens with zero attached hydrogens (tertiary/aromatic N) is 1. The number of para-hydroxylation sites is 1. The quantitative estimate of drug-likeness (QED) is 0.792. The van der Waals surface area contributed by atoms with Gasteiger partial charge >= 0.3 is 0 Å². The molecule has 2 aromatic carbocycles. The van der Waals surface area contributed by atoms with E-state index in [1.54, 1.807) is 24.4 Å². The second-order valence-corrected chi connectivity index (χ2v) is 7.34. The van der Waals surface area contributed by atoms with Crippen LogP contribution in [0.4, 0.5) is 5.69 Å². The Kier molecular flexibility index (Phi) is 3.82. The molecule has 0 aliphatic carbocycles. The van der Waals surface area contributed by atoms with Crippen LogP contribution in [0.2, 0.25) is 0 Å². The molecule has 0 amide bonds. The van der Waals surface area contributed by atoms with E-state index >= 15 is 0 Å². The highest BCUT2D eigenvalue weighted by atomic mass is 32.2. The lowest BCUT2D eigenvalue weighted by Gasteiger charge is -2.13. The Hall–Kier alpha value is -2.40. The van der Waals surface area contributed by atoms with E-state index in [9.17, 15) is 8.42 Å². The van der Waals surface area contributed by atoms with Gasteiger partial charge < -0.3 is 0 Å². The molecule has 0 spiro atoms. The zero-order valence-corrected chi connectivity index (χ0v) is 14.1. The maximum absolute atomic E-state index is 12.8. The van der Waals surface area contributed by atoms with Crippen molar-refractivity contribution in [1.29, 1.82) is 0 Å². The maximum atomic E-state index is 12.8. The van der Waals surface area contributed by atoms with Crippen molar-refractivity contribution in [3.8, 4) is 0 Å². The van der Waals surface area contributed by atoms with Crippen LogP contribution in [0.3, 0.4) is 0 Å². The number of pyridine rings is 1. The Labute approximate surface area is 136 Å². The van der Waals surface area contributed by atoms with Crippen LogP contribution in [0.1, 0.15) is 16.7 Å². The predicted octanol–water partition coefficient (Wildman–Crippen LogP) is 3.96. The molecule has 0 radical (unpaired) electrons. The summed E-state index contributed by atoms with van der Waals surface area (Å²) in [6, 6.07) is 12.7. The number of sulfonamides is 1. The van der Waals surface area contributed by atoms with E-state index in [0.717, 1.165) is 22.1 Å². The van der Waals surface area contributed by atoms with Crippen molar-refractivity contribution in [1.82, 2.24) is 4.98 Å². The molecular formula is C18H18N2O2S. The van der Waals surface area contributed by atoms with Gasteiger partial charge in [0.15, 0.2) is 0 Å². The predicted molar refractivity (Wildman–Crippen MR) is 93.2 cm³/mol. The summed E-state index contributed by atoms with van der Waals surface area (Å²) in [5, 5.41) is 0.814. The van der Waals surface area contributed by atoms with Crippen LogP contribution >= 0.6 is 0 Å². The molecule has 23 heavy (non-hydrogen) atoms. The van der Waals surface area contributed by atoms with Gasteiger partial charge in [-0.2, -0.15) is 0 Å². The van der Waals surface area contributed by atoms with Crippen LogP contribution in [0.5, 0.6) is 0 Å². The first-order valence-corrected chi connectivity index (χ1v) is 8.81. The van der Waals surface area contributed by atoms with Crippen molar-refractivity contribution in [2.24, 2.45) is 0 Å². The van der Waals surface area contributed by atoms with E-state index in [0.29, 0.717) is 11.2 Å². The zero-order chi connectivity index (χ0) is 16.6. The standard InChI is InChI=1S/C18H18N2O2S/c1-12-10-15-7-5-9-17(18(15)19-11-12)23(21,22)20-16-8-4-6-13(2)14(16)3/h4-11,20H,1-3H3. The van der Waals surface area contributed by atoms with Crippen LogP contribution in [-0.2, 0) is 10.0 Å². The van der Waals surface area contributed by atoms with Crippen LogP contribution in [0.15, 0.2) is 53.6 Å². The average molecular weight is 326 g/mol. The third-order valence-corrected chi connectivity index (χ3v) is 5.35. The van der Waals surface area contributed by atoms with E-state index in [1.165, 1.54) is 0 Å². The zero-order valence-electron chi connectivity index (χ0n) is 13.3. The van der Waals surface area contributed by atoms with Gasteiger partial charge in [-0.25, -0.2) is 8.42 Å². The molecular weight excluding hydrogens is 308 g/mol. The number of hydrogen-bond acceptors (Lipinski definition) is 3. The fourth-order valence-electron chi connectivity index (χ4n) is 2.52. The highest BCUT2D eigenvalue weighted by molar-refractivity contribution is 7.93. The van der Waals surface area contributed by atoms with Gasteiger partial charge in [0.1, 0.15) is 4.90 Å². The number of aryl methyl sites for hydroxylation is 2. The molecule has 3 rings (SSSR count). The highest BCUT2D eigenvalue weighted by Gasteiger charge is 2.19. The van der Waals surface area contributed by atoms with Gasteiger partial charge in [-0.3, -0.25) is 9.71 Å². The summed E-state index contributed by atoms with van der Waals surface area (Å²) < 4.78 is 28.3. The molecule has 0 aliphatic rings. The molecule has 118 valence electrons. The molecule has 1 aromatic heterocycles. The van der Waals surface area contributed by atoms with Crippen molar-refractivity contribution in [3.63, 3.8) is 0 Å². The summed E-state index contributed by atoms with van der Waals surface area (Å²) in [6.07, 6.45) is 1.68. The number of anilines is 1. The van der Waals surface area contributed by atoms with Crippen LogP contribution in [0.25, 0.3) is 10.9 Å². The molecule has 0 unspecified atom stereocenters. The first kappa shape index (κ1) is 15.5. The second-order valence-electron chi connectivity index (χ2n) is 5.69. The summed E-state index contributed by atoms with van der Waals surface area (Å²) in [5.74, 6) is 0. The molecule has 0 saturated heterocycles. The van der Waals surface area contributed by atoms with Gasteiger partial charge in [0.25, 0.3) is 10.0 Å². The normalized spacial score (nSPS) is 11.6. The number of fused-ring (bicyclic) bond motifs is 1. The SMILES string of the molecule is Cc1cnc2c(S(=O)(=O)Nc3cccc(C)c3C)cccc2c1. The number of rotatable bonds is 3. The second kappa shape index (κ2) is 5.66. The largest absolute Gasteiger partial charge is 0.279 e. The van der Waals surface area contributed by atoms with Crippen LogP contribution in [0, 0.1) is 20.8 Å². The first-order valence-electron chi connectivity index (χ1n) is 7.33. The molecule has 1 heterocycles. The summed E-state index contributed by atoms with van der Waals surface area (Å²) in [6.45, 7) is 5.79. The molecule has 0 bridgehead atoms. The third kappa shape index (κ3) is 2.92. The monoisotopic (exact) mass is 326 g/mol. The van der Waals surface area contributed by atoms with Gasteiger partial charge in [0.05, 0.1) is 11.2 Å². The summed E-state index contributed by atoms with van der Waals surface area (Å²) in [5.41, 5.74) is 4.02. The molecule has 0 fully saturated rings. The van der Waals surface area contributed by atoms with Gasteiger partial charge in [-0.15, -0.1) is 0 Å². The Morgan fingerprint density at radius 1 is 1.00 bits per heavy atom. The third-order valence-electron chi connectivity index (χ3n) is 3.95. The van der Waals surface area contributed by atoms with E-state index in [1.807, 2.05) is 45.0 Å². The maximum Gasteiger partial charge on any atom is 0.264 e. The Bertz CT molecular complexity index is 995. The number of aromatic nitrogens is 1. The lowest BCUT2D eigenvalue weighted by Crippen LogP contribution is -2.14. The van der Waals surface area contributed by atoms with Crippen molar-refractivity contribution in [3.05, 3.63) is 65.4 Å². The summed E-state index contributed by atoms with van der Waals surface area (Å²) in [4.78, 5) is 4.50. The minimum Gasteiger partial charge on any atom is -0.279 e. The van der Waals surface area contributed by atoms with Crippen LogP contribution in [-0.4, -0.2) is 13.4 Å². The van der Waals surface area contributed by atoms with Crippen molar-refractivity contribution in [2.75, 3.05) is 4.72 Å². The molecule has 1 N–H and O–H groups in total. The smallest absolute Gasteiger partial charge is 0.264 e. The van der Waals surface area contributed by atoms with Gasteiger partial charge in [0, 0.05) is 11.6 Å². The number of hydrogen-bond donors (Lipinski definition) is 1.